The van der Waals surface area contributed by atoms with Gasteiger partial charge >= 0.3 is 5.97 Å². The smallest absolute Gasteiger partial charge is 0.333 e. The molecule has 10 heteroatoms. The van der Waals surface area contributed by atoms with Gasteiger partial charge in [-0.15, -0.1) is 0 Å². The van der Waals surface area contributed by atoms with Crippen LogP contribution in [0, 0.1) is 11.8 Å². The van der Waals surface area contributed by atoms with E-state index in [-0.39, 0.29) is 65.6 Å². The van der Waals surface area contributed by atoms with Crippen molar-refractivity contribution < 1.29 is 38.8 Å². The Labute approximate surface area is 340 Å². The van der Waals surface area contributed by atoms with Crippen molar-refractivity contribution in [3.05, 3.63) is 74.9 Å². The molecule has 1 saturated carbocycles. The molecular formula is C47H66N2O8. The fourth-order valence-corrected chi connectivity index (χ4v) is 9.18. The van der Waals surface area contributed by atoms with Gasteiger partial charge in [0.25, 0.3) is 0 Å². The Morgan fingerprint density at radius 1 is 0.947 bits per heavy atom. The lowest BCUT2D eigenvalue weighted by molar-refractivity contribution is -0.171. The van der Waals surface area contributed by atoms with Crippen molar-refractivity contribution in [2.75, 3.05) is 39.3 Å². The number of nitrogens with one attached hydrogen (secondary N) is 1. The summed E-state index contributed by atoms with van der Waals surface area (Å²) in [7, 11) is 0. The molecule has 1 aromatic carbocycles. The maximum atomic E-state index is 15.0. The number of aromatic hydroxyl groups is 2. The minimum absolute atomic E-state index is 0.00220. The van der Waals surface area contributed by atoms with E-state index in [9.17, 15) is 24.6 Å². The van der Waals surface area contributed by atoms with Crippen LogP contribution in [-0.2, 0) is 31.9 Å². The molecule has 2 fully saturated rings. The van der Waals surface area contributed by atoms with E-state index in [0.29, 0.717) is 24.0 Å². The number of carbonyl (C=O) groups is 3. The van der Waals surface area contributed by atoms with Crippen LogP contribution in [0.5, 0.6) is 17.2 Å². The normalized spacial score (nSPS) is 24.5. The topological polar surface area (TPSA) is 135 Å². The van der Waals surface area contributed by atoms with Gasteiger partial charge < -0.3 is 34.6 Å². The van der Waals surface area contributed by atoms with E-state index in [1.54, 1.807) is 19.1 Å². The number of likely N-dealkylation sites (N-methyl/N-ethyl adjacent to an activating group) is 1. The van der Waals surface area contributed by atoms with Crippen LogP contribution in [0.3, 0.4) is 0 Å². The van der Waals surface area contributed by atoms with Crippen LogP contribution in [0.1, 0.15) is 123 Å². The van der Waals surface area contributed by atoms with Crippen LogP contribution in [-0.4, -0.2) is 88.8 Å². The third kappa shape index (κ3) is 8.46. The Morgan fingerprint density at radius 2 is 1.63 bits per heavy atom. The van der Waals surface area contributed by atoms with Crippen LogP contribution in [0.2, 0.25) is 0 Å². The second-order valence-electron chi connectivity index (χ2n) is 17.3. The fraction of sp³-hybridized carbons (Fsp3) is 0.596. The first-order chi connectivity index (χ1) is 26.9. The summed E-state index contributed by atoms with van der Waals surface area (Å²) < 4.78 is 19.6. The molecule has 10 nitrogen and oxygen atoms in total. The number of ketones is 2. The molecule has 0 aromatic heterocycles. The molecule has 1 spiro atoms. The summed E-state index contributed by atoms with van der Waals surface area (Å²) in [5.74, 6) is -2.51. The Kier molecular flexibility index (Phi) is 13.8. The molecule has 312 valence electrons. The van der Waals surface area contributed by atoms with Crippen LogP contribution in [0.4, 0.5) is 0 Å². The number of benzene rings is 1. The number of hydrogen-bond acceptors (Lipinski definition) is 10. The van der Waals surface area contributed by atoms with Gasteiger partial charge in [-0.05, 0) is 114 Å². The lowest BCUT2D eigenvalue weighted by Gasteiger charge is -2.56. The van der Waals surface area contributed by atoms with Crippen molar-refractivity contribution in [1.29, 1.82) is 0 Å². The van der Waals surface area contributed by atoms with E-state index in [0.717, 1.165) is 56.7 Å². The zero-order valence-corrected chi connectivity index (χ0v) is 36.0. The molecule has 2 heterocycles. The number of allylic oxidation sites excluding steroid dienone is 7. The highest BCUT2D eigenvalue weighted by molar-refractivity contribution is 6.18. The molecule has 1 saturated heterocycles. The average Bonchev–Trinajstić information content (AvgIpc) is 3.31. The highest BCUT2D eigenvalue weighted by atomic mass is 16.6. The van der Waals surface area contributed by atoms with Crippen molar-refractivity contribution in [2.24, 2.45) is 11.8 Å². The quantitative estimate of drug-likeness (QED) is 0.0548. The molecule has 4 unspecified atom stereocenters. The summed E-state index contributed by atoms with van der Waals surface area (Å²) >= 11 is 0. The van der Waals surface area contributed by atoms with Gasteiger partial charge in [-0.25, -0.2) is 4.79 Å². The first kappa shape index (κ1) is 44.1. The van der Waals surface area contributed by atoms with Gasteiger partial charge in [-0.2, -0.15) is 0 Å². The van der Waals surface area contributed by atoms with Crippen LogP contribution >= 0.6 is 0 Å². The second kappa shape index (κ2) is 17.9. The lowest BCUT2D eigenvalue weighted by Crippen LogP contribution is -2.72. The molecule has 1 aromatic rings. The van der Waals surface area contributed by atoms with E-state index in [1.807, 2.05) is 46.8 Å². The number of nitrogens with zero attached hydrogens (tertiary/aromatic N) is 1. The van der Waals surface area contributed by atoms with E-state index in [1.165, 1.54) is 5.57 Å². The number of esters is 1. The van der Waals surface area contributed by atoms with Gasteiger partial charge in [-0.3, -0.25) is 9.59 Å². The van der Waals surface area contributed by atoms with Crippen molar-refractivity contribution in [1.82, 2.24) is 10.2 Å². The third-order valence-corrected chi connectivity index (χ3v) is 12.4. The number of rotatable bonds is 19. The summed E-state index contributed by atoms with van der Waals surface area (Å²) in [5.41, 5.74) is 0.528. The maximum absolute atomic E-state index is 15.0. The number of ether oxygens (including phenoxy) is 3. The van der Waals surface area contributed by atoms with Gasteiger partial charge in [-0.1, -0.05) is 60.9 Å². The summed E-state index contributed by atoms with van der Waals surface area (Å²) in [6, 6.07) is 0. The summed E-state index contributed by atoms with van der Waals surface area (Å²) in [4.78, 5) is 45.1. The monoisotopic (exact) mass is 786 g/mol. The predicted molar refractivity (Wildman–Crippen MR) is 224 cm³/mol. The molecule has 5 aliphatic rings. The molecule has 4 atom stereocenters. The maximum Gasteiger partial charge on any atom is 0.333 e. The van der Waals surface area contributed by atoms with Crippen LogP contribution in [0.25, 0.3) is 0 Å². The van der Waals surface area contributed by atoms with Crippen LogP contribution < -0.4 is 10.1 Å². The number of phenolic OH excluding ortho intramolecular Hbond substituents is 2. The molecule has 3 N–H and O–H groups in total. The van der Waals surface area contributed by atoms with Gasteiger partial charge in [0.2, 0.25) is 0 Å². The largest absolute Gasteiger partial charge is 0.507 e. The van der Waals surface area contributed by atoms with Gasteiger partial charge in [0.1, 0.15) is 22.8 Å². The highest BCUT2D eigenvalue weighted by Gasteiger charge is 2.81. The average molecular weight is 787 g/mol. The Morgan fingerprint density at radius 3 is 2.30 bits per heavy atom. The molecule has 4 bridgehead atoms. The first-order valence-electron chi connectivity index (χ1n) is 20.9. The molecule has 2 aliphatic heterocycles. The highest BCUT2D eigenvalue weighted by Crippen LogP contribution is 2.68. The number of hydrogen-bond donors (Lipinski definition) is 3. The van der Waals surface area contributed by atoms with E-state index >= 15 is 0 Å². The minimum Gasteiger partial charge on any atom is -0.507 e. The van der Waals surface area contributed by atoms with Crippen molar-refractivity contribution in [3.8, 4) is 17.2 Å². The SMILES string of the molecule is CCN(CC)CCNCCCOC(=O)/C(C)=C\CC12OC(C)(C)C3CC(C=C4C(=O)c5c(O)c(C/C=C(\C)CCC=C(C)C)c(O)c(CC=C(C)C)c5OC431)C2=O. The summed E-state index contributed by atoms with van der Waals surface area (Å²) in [5, 5.41) is 27.2. The van der Waals surface area contributed by atoms with Gasteiger partial charge in [0, 0.05) is 53.6 Å². The predicted octanol–water partition coefficient (Wildman–Crippen LogP) is 8.05. The zero-order chi connectivity index (χ0) is 41.9. The van der Waals surface area contributed by atoms with Gasteiger partial charge in [0.15, 0.2) is 22.8 Å². The number of phenols is 2. The minimum atomic E-state index is -1.64. The zero-order valence-electron chi connectivity index (χ0n) is 36.0. The van der Waals surface area contributed by atoms with E-state index < -0.39 is 40.4 Å². The number of Topliss-reactive ketones (excluding diaryl/α,β-unsaturated/α-hetero) is 2. The number of carbonyl (C=O) groups excluding carboxylic acids is 3. The number of fused-ring (bicyclic) bond motifs is 1. The lowest BCUT2D eigenvalue weighted by atomic mass is 9.51. The Balaban J connectivity index is 1.48. The fourth-order valence-electron chi connectivity index (χ4n) is 9.18. The molecule has 0 amide bonds. The van der Waals surface area contributed by atoms with Crippen molar-refractivity contribution >= 4 is 17.5 Å². The molecule has 0 radical (unpaired) electrons. The first-order valence-corrected chi connectivity index (χ1v) is 20.9. The standard InChI is InChI=1S/C47H66N2O8/c1-11-49(12-2)25-24-48-23-14-26-55-44(54)32(8)21-22-46-43(53)33-27-36-41(52)38-40(51)34(20-18-31(7)16-13-15-29(3)4)39(50)35(19-17-30(5)6)42(38)56-47(36,46)37(28-33)45(9,10)57-46/h15,17-18,21,27,33,37,48,50-51H,11-14,16,19-20,22-26,28H2,1-10H3/b31-18+,32-21-. The molecule has 3 aliphatic carbocycles. The summed E-state index contributed by atoms with van der Waals surface area (Å²) in [6.07, 6.45) is 12.7. The molecule has 57 heavy (non-hydrogen) atoms. The Bertz CT molecular complexity index is 1890. The third-order valence-electron chi connectivity index (χ3n) is 12.4. The molecular weight excluding hydrogens is 721 g/mol. The second-order valence-corrected chi connectivity index (χ2v) is 17.3. The summed E-state index contributed by atoms with van der Waals surface area (Å²) in [6.45, 7) is 24.6. The van der Waals surface area contributed by atoms with Gasteiger partial charge in [0.05, 0.1) is 12.2 Å². The van der Waals surface area contributed by atoms with E-state index in [4.69, 9.17) is 14.2 Å². The Hall–Kier alpha value is -3.99. The van der Waals surface area contributed by atoms with E-state index in [2.05, 4.69) is 44.0 Å². The van der Waals surface area contributed by atoms with Crippen LogP contribution in [0.15, 0.2) is 58.2 Å². The molecule has 6 rings (SSSR count). The van der Waals surface area contributed by atoms with Crippen molar-refractivity contribution in [2.45, 2.75) is 131 Å². The van der Waals surface area contributed by atoms with Crippen molar-refractivity contribution in [3.63, 3.8) is 0 Å².